The maximum Gasteiger partial charge on any atom is 0.271 e. The Labute approximate surface area is 117 Å². The summed E-state index contributed by atoms with van der Waals surface area (Å²) in [7, 11) is -3.79. The molecular formula is C11H18N4O4S. The van der Waals surface area contributed by atoms with Crippen LogP contribution in [0.2, 0.25) is 0 Å². The van der Waals surface area contributed by atoms with Gasteiger partial charge in [0, 0.05) is 18.7 Å². The number of nitrogen functional groups attached to an aromatic ring is 1. The van der Waals surface area contributed by atoms with Gasteiger partial charge in [-0.25, -0.2) is 13.1 Å². The molecule has 0 aromatic heterocycles. The summed E-state index contributed by atoms with van der Waals surface area (Å²) in [5.41, 5.74) is 1.67. The minimum absolute atomic E-state index is 0.0272. The highest BCUT2D eigenvalue weighted by molar-refractivity contribution is 7.89. The van der Waals surface area contributed by atoms with Gasteiger partial charge in [-0.2, -0.15) is 0 Å². The van der Waals surface area contributed by atoms with E-state index >= 15 is 0 Å². The van der Waals surface area contributed by atoms with Crippen molar-refractivity contribution in [1.29, 1.82) is 0 Å². The number of sulfonamides is 1. The molecule has 0 radical (unpaired) electrons. The van der Waals surface area contributed by atoms with Crippen molar-refractivity contribution in [3.8, 4) is 0 Å². The molecule has 1 aromatic carbocycles. The molecule has 0 aliphatic carbocycles. The summed E-state index contributed by atoms with van der Waals surface area (Å²) in [6, 6.07) is 3.34. The maximum absolute atomic E-state index is 12.2. The van der Waals surface area contributed by atoms with Crippen LogP contribution in [0.25, 0.3) is 0 Å². The van der Waals surface area contributed by atoms with E-state index in [1.807, 2.05) is 20.8 Å². The Morgan fingerprint density at radius 1 is 1.35 bits per heavy atom. The minimum atomic E-state index is -3.79. The third kappa shape index (κ3) is 4.15. The lowest BCUT2D eigenvalue weighted by atomic mass is 9.98. The van der Waals surface area contributed by atoms with Crippen LogP contribution in [-0.4, -0.2) is 19.9 Å². The van der Waals surface area contributed by atoms with Gasteiger partial charge >= 0.3 is 0 Å². The van der Waals surface area contributed by atoms with Crippen LogP contribution in [0.4, 0.5) is 11.4 Å². The van der Waals surface area contributed by atoms with E-state index in [-0.39, 0.29) is 28.2 Å². The number of nitro benzene ring substituents is 1. The molecule has 1 rings (SSSR count). The third-order valence-corrected chi connectivity index (χ3v) is 3.87. The first-order valence-corrected chi connectivity index (χ1v) is 7.30. The van der Waals surface area contributed by atoms with Crippen LogP contribution in [0.15, 0.2) is 23.1 Å². The summed E-state index contributed by atoms with van der Waals surface area (Å²) in [6.07, 6.45) is 0. The SMILES string of the molecule is CC(C)(C)CNS(=O)(=O)c1ccc([N+](=O)[O-])cc1NN. The molecule has 0 spiro atoms. The second kappa shape index (κ2) is 5.73. The smallest absolute Gasteiger partial charge is 0.271 e. The third-order valence-electron chi connectivity index (χ3n) is 2.41. The van der Waals surface area contributed by atoms with E-state index in [1.54, 1.807) is 0 Å². The fraction of sp³-hybridized carbons (Fsp3) is 0.455. The molecule has 8 nitrogen and oxygen atoms in total. The number of hydrogen-bond donors (Lipinski definition) is 3. The van der Waals surface area contributed by atoms with Crippen LogP contribution in [0.3, 0.4) is 0 Å². The van der Waals surface area contributed by atoms with Crippen molar-refractivity contribution in [2.75, 3.05) is 12.0 Å². The average molecular weight is 302 g/mol. The summed E-state index contributed by atoms with van der Waals surface area (Å²) in [5, 5.41) is 10.7. The molecule has 0 atom stereocenters. The number of nitrogens with one attached hydrogen (secondary N) is 2. The molecule has 4 N–H and O–H groups in total. The van der Waals surface area contributed by atoms with Crippen molar-refractivity contribution in [2.24, 2.45) is 11.3 Å². The van der Waals surface area contributed by atoms with Crippen molar-refractivity contribution in [3.63, 3.8) is 0 Å². The fourth-order valence-electron chi connectivity index (χ4n) is 1.37. The molecule has 0 saturated heterocycles. The highest BCUT2D eigenvalue weighted by atomic mass is 32.2. The molecule has 0 unspecified atom stereocenters. The Balaban J connectivity index is 3.15. The predicted molar refractivity (Wildman–Crippen MR) is 75.6 cm³/mol. The summed E-state index contributed by atoms with van der Waals surface area (Å²) < 4.78 is 26.8. The average Bonchev–Trinajstić information content (AvgIpc) is 2.35. The van der Waals surface area contributed by atoms with Gasteiger partial charge in [-0.3, -0.25) is 16.0 Å². The number of nitro groups is 1. The molecule has 0 bridgehead atoms. The monoisotopic (exact) mass is 302 g/mol. The number of hydrazine groups is 1. The molecule has 0 saturated carbocycles. The van der Waals surface area contributed by atoms with E-state index in [0.29, 0.717) is 0 Å². The second-order valence-corrected chi connectivity index (χ2v) is 7.20. The Morgan fingerprint density at radius 2 is 1.95 bits per heavy atom. The van der Waals surface area contributed by atoms with E-state index in [4.69, 9.17) is 5.84 Å². The number of non-ortho nitro benzene ring substituents is 1. The van der Waals surface area contributed by atoms with Gasteiger partial charge in [-0.1, -0.05) is 20.8 Å². The lowest BCUT2D eigenvalue weighted by Gasteiger charge is -2.19. The Hall–Kier alpha value is -1.71. The Morgan fingerprint density at radius 3 is 2.40 bits per heavy atom. The molecule has 0 amide bonds. The normalized spacial score (nSPS) is 12.2. The van der Waals surface area contributed by atoms with Gasteiger partial charge in [0.15, 0.2) is 0 Å². The number of anilines is 1. The van der Waals surface area contributed by atoms with Gasteiger partial charge in [0.05, 0.1) is 10.6 Å². The van der Waals surface area contributed by atoms with Crippen LogP contribution in [0.5, 0.6) is 0 Å². The molecule has 1 aromatic rings. The molecular weight excluding hydrogens is 284 g/mol. The van der Waals surface area contributed by atoms with Crippen LogP contribution in [-0.2, 0) is 10.0 Å². The Bertz CT molecular complexity index is 607. The largest absolute Gasteiger partial charge is 0.323 e. The van der Waals surface area contributed by atoms with E-state index in [1.165, 1.54) is 0 Å². The molecule has 9 heteroatoms. The van der Waals surface area contributed by atoms with Crippen LogP contribution in [0.1, 0.15) is 20.8 Å². The molecule has 112 valence electrons. The van der Waals surface area contributed by atoms with E-state index in [9.17, 15) is 18.5 Å². The van der Waals surface area contributed by atoms with Crippen LogP contribution in [0, 0.1) is 15.5 Å². The first kappa shape index (κ1) is 16.3. The van der Waals surface area contributed by atoms with Gasteiger partial charge in [0.2, 0.25) is 10.0 Å². The topological polar surface area (TPSA) is 127 Å². The van der Waals surface area contributed by atoms with Gasteiger partial charge in [-0.15, -0.1) is 0 Å². The van der Waals surface area contributed by atoms with Crippen molar-refractivity contribution in [3.05, 3.63) is 28.3 Å². The van der Waals surface area contributed by atoms with Crippen LogP contribution >= 0.6 is 0 Å². The van der Waals surface area contributed by atoms with Gasteiger partial charge in [0.1, 0.15) is 4.90 Å². The minimum Gasteiger partial charge on any atom is -0.323 e. The second-order valence-electron chi connectivity index (χ2n) is 5.47. The van der Waals surface area contributed by atoms with Crippen molar-refractivity contribution >= 4 is 21.4 Å². The highest BCUT2D eigenvalue weighted by Gasteiger charge is 2.23. The van der Waals surface area contributed by atoms with Crippen molar-refractivity contribution < 1.29 is 13.3 Å². The first-order valence-electron chi connectivity index (χ1n) is 5.81. The quantitative estimate of drug-likeness (QED) is 0.426. The summed E-state index contributed by atoms with van der Waals surface area (Å²) in [6.45, 7) is 5.88. The summed E-state index contributed by atoms with van der Waals surface area (Å²) in [4.78, 5) is 9.90. The summed E-state index contributed by atoms with van der Waals surface area (Å²) >= 11 is 0. The van der Waals surface area contributed by atoms with Crippen molar-refractivity contribution in [2.45, 2.75) is 25.7 Å². The zero-order valence-corrected chi connectivity index (χ0v) is 12.3. The summed E-state index contributed by atoms with van der Waals surface area (Å²) in [5.74, 6) is 5.23. The lowest BCUT2D eigenvalue weighted by Crippen LogP contribution is -2.33. The maximum atomic E-state index is 12.2. The highest BCUT2D eigenvalue weighted by Crippen LogP contribution is 2.26. The van der Waals surface area contributed by atoms with E-state index < -0.39 is 14.9 Å². The standard InChI is InChI=1S/C11H18N4O4S/c1-11(2,3)7-13-20(18,19)10-5-4-8(15(16)17)6-9(10)14-12/h4-6,13-14H,7,12H2,1-3H3. The molecule has 0 fully saturated rings. The number of nitrogens with zero attached hydrogens (tertiary/aromatic N) is 1. The fourth-order valence-corrected chi connectivity index (χ4v) is 2.80. The van der Waals surface area contributed by atoms with E-state index in [0.717, 1.165) is 18.2 Å². The molecule has 20 heavy (non-hydrogen) atoms. The lowest BCUT2D eigenvalue weighted by molar-refractivity contribution is -0.384. The molecule has 0 heterocycles. The van der Waals surface area contributed by atoms with E-state index in [2.05, 4.69) is 10.1 Å². The molecule has 0 aliphatic rings. The number of benzene rings is 1. The number of nitrogens with two attached hydrogens (primary N) is 1. The van der Waals surface area contributed by atoms with Gasteiger partial charge in [0.25, 0.3) is 5.69 Å². The van der Waals surface area contributed by atoms with Crippen molar-refractivity contribution in [1.82, 2.24) is 4.72 Å². The van der Waals surface area contributed by atoms with Gasteiger partial charge < -0.3 is 5.43 Å². The van der Waals surface area contributed by atoms with Crippen LogP contribution < -0.4 is 16.0 Å². The molecule has 0 aliphatic heterocycles. The van der Waals surface area contributed by atoms with Gasteiger partial charge in [-0.05, 0) is 11.5 Å². The Kier molecular flexibility index (Phi) is 4.69. The zero-order valence-electron chi connectivity index (χ0n) is 11.5. The zero-order chi connectivity index (χ0) is 15.6. The first-order chi connectivity index (χ1) is 9.07. The number of rotatable bonds is 5. The predicted octanol–water partition coefficient (Wildman–Crippen LogP) is 1.20. The number of hydrogen-bond acceptors (Lipinski definition) is 6.